The largest absolute Gasteiger partial charge is 0.299 e. The number of hydrogen-bond acceptors (Lipinski definition) is 4. The first-order chi connectivity index (χ1) is 12.1. The molecule has 25 heavy (non-hydrogen) atoms. The van der Waals surface area contributed by atoms with Crippen LogP contribution in [-0.2, 0) is 9.59 Å². The topological polar surface area (TPSA) is 37.4 Å². The summed E-state index contributed by atoms with van der Waals surface area (Å²) in [4.78, 5) is 25.6. The zero-order valence-electron chi connectivity index (χ0n) is 17.0. The molecule has 0 saturated carbocycles. The summed E-state index contributed by atoms with van der Waals surface area (Å²) in [7, 11) is 0. The van der Waals surface area contributed by atoms with Gasteiger partial charge in [0.05, 0.1) is 6.54 Å². The van der Waals surface area contributed by atoms with Crippen LogP contribution >= 0.6 is 11.8 Å². The van der Waals surface area contributed by atoms with Gasteiger partial charge in [0, 0.05) is 12.2 Å². The number of Topliss-reactive ketones (excluding diaryl/α,β-unsaturated/α-hetero) is 1. The van der Waals surface area contributed by atoms with Crippen LogP contribution in [-0.4, -0.2) is 41.2 Å². The standard InChI is InChI=1S/C21H41NO2S/c1-4-6-8-9-10-11-12-16-22(19-20(3)23)17-14-15-21(24)25-18-13-7-5-2/h4-19H2,1-3H3. The molecule has 0 heterocycles. The van der Waals surface area contributed by atoms with Crippen LogP contribution in [0.4, 0.5) is 0 Å². The Morgan fingerprint density at radius 1 is 0.760 bits per heavy atom. The van der Waals surface area contributed by atoms with E-state index in [4.69, 9.17) is 0 Å². The average Bonchev–Trinajstić information content (AvgIpc) is 2.57. The molecule has 0 amide bonds. The lowest BCUT2D eigenvalue weighted by Gasteiger charge is -2.20. The van der Waals surface area contributed by atoms with Crippen molar-refractivity contribution >= 4 is 22.7 Å². The number of carbonyl (C=O) groups is 2. The van der Waals surface area contributed by atoms with Gasteiger partial charge in [0.15, 0.2) is 5.12 Å². The van der Waals surface area contributed by atoms with Crippen LogP contribution in [0.2, 0.25) is 0 Å². The molecule has 0 saturated heterocycles. The summed E-state index contributed by atoms with van der Waals surface area (Å²) in [6.07, 6.45) is 14.1. The first kappa shape index (κ1) is 24.7. The highest BCUT2D eigenvalue weighted by Gasteiger charge is 2.09. The van der Waals surface area contributed by atoms with Crippen molar-refractivity contribution in [3.05, 3.63) is 0 Å². The van der Waals surface area contributed by atoms with Crippen molar-refractivity contribution in [3.8, 4) is 0 Å². The molecule has 0 aliphatic rings. The minimum Gasteiger partial charge on any atom is -0.299 e. The van der Waals surface area contributed by atoms with Gasteiger partial charge in [0.2, 0.25) is 0 Å². The summed E-state index contributed by atoms with van der Waals surface area (Å²) < 4.78 is 0. The predicted octanol–water partition coefficient (Wildman–Crippen LogP) is 5.86. The van der Waals surface area contributed by atoms with Crippen molar-refractivity contribution in [2.24, 2.45) is 0 Å². The van der Waals surface area contributed by atoms with E-state index in [0.717, 1.165) is 31.7 Å². The van der Waals surface area contributed by atoms with Crippen LogP contribution in [0.3, 0.4) is 0 Å². The fourth-order valence-corrected chi connectivity index (χ4v) is 3.80. The number of carbonyl (C=O) groups excluding carboxylic acids is 2. The minimum absolute atomic E-state index is 0.225. The minimum atomic E-state index is 0.225. The van der Waals surface area contributed by atoms with Crippen LogP contribution in [0, 0.1) is 0 Å². The zero-order valence-corrected chi connectivity index (χ0v) is 17.8. The maximum absolute atomic E-state index is 11.9. The lowest BCUT2D eigenvalue weighted by atomic mass is 10.1. The fraction of sp³-hybridized carbons (Fsp3) is 0.905. The molecule has 0 unspecified atom stereocenters. The van der Waals surface area contributed by atoms with Gasteiger partial charge < -0.3 is 0 Å². The first-order valence-corrected chi connectivity index (χ1v) is 11.5. The van der Waals surface area contributed by atoms with Crippen molar-refractivity contribution in [3.63, 3.8) is 0 Å². The third kappa shape index (κ3) is 18.2. The number of rotatable bonds is 18. The van der Waals surface area contributed by atoms with Gasteiger partial charge in [-0.1, -0.05) is 77.0 Å². The Kier molecular flexibility index (Phi) is 18.2. The number of nitrogens with zero attached hydrogens (tertiary/aromatic N) is 1. The number of thioether (sulfide) groups is 1. The highest BCUT2D eigenvalue weighted by atomic mass is 32.2. The Balaban J connectivity index is 3.80. The van der Waals surface area contributed by atoms with E-state index in [1.807, 2.05) is 0 Å². The molecule has 0 aliphatic heterocycles. The molecule has 0 atom stereocenters. The summed E-state index contributed by atoms with van der Waals surface area (Å²) in [5.74, 6) is 1.19. The summed E-state index contributed by atoms with van der Waals surface area (Å²) in [5.41, 5.74) is 0. The third-order valence-corrected chi connectivity index (χ3v) is 5.41. The Morgan fingerprint density at radius 3 is 1.96 bits per heavy atom. The van der Waals surface area contributed by atoms with E-state index in [1.54, 1.807) is 6.92 Å². The summed E-state index contributed by atoms with van der Waals surface area (Å²) in [6.45, 7) is 8.48. The van der Waals surface area contributed by atoms with Gasteiger partial charge in [-0.15, -0.1) is 0 Å². The van der Waals surface area contributed by atoms with Crippen molar-refractivity contribution in [1.82, 2.24) is 4.90 Å². The maximum atomic E-state index is 11.9. The van der Waals surface area contributed by atoms with Gasteiger partial charge in [-0.3, -0.25) is 14.5 Å². The fourth-order valence-electron chi connectivity index (χ4n) is 2.93. The van der Waals surface area contributed by atoms with Crippen molar-refractivity contribution in [2.45, 2.75) is 97.8 Å². The zero-order chi connectivity index (χ0) is 18.8. The first-order valence-electron chi connectivity index (χ1n) is 10.5. The lowest BCUT2D eigenvalue weighted by Crippen LogP contribution is -2.31. The molecule has 0 aromatic heterocycles. The van der Waals surface area contributed by atoms with E-state index >= 15 is 0 Å². The van der Waals surface area contributed by atoms with Crippen LogP contribution in [0.1, 0.15) is 97.8 Å². The predicted molar refractivity (Wildman–Crippen MR) is 111 cm³/mol. The number of ketones is 1. The average molecular weight is 372 g/mol. The molecular formula is C21H41NO2S. The van der Waals surface area contributed by atoms with Crippen molar-refractivity contribution < 1.29 is 9.59 Å². The van der Waals surface area contributed by atoms with E-state index < -0.39 is 0 Å². The smallest absolute Gasteiger partial charge is 0.188 e. The van der Waals surface area contributed by atoms with Crippen LogP contribution in [0.5, 0.6) is 0 Å². The van der Waals surface area contributed by atoms with E-state index in [-0.39, 0.29) is 5.78 Å². The van der Waals surface area contributed by atoms with Gasteiger partial charge in [0.25, 0.3) is 0 Å². The molecule has 0 aromatic carbocycles. The monoisotopic (exact) mass is 371 g/mol. The van der Waals surface area contributed by atoms with Gasteiger partial charge in [-0.25, -0.2) is 0 Å². The van der Waals surface area contributed by atoms with E-state index in [9.17, 15) is 9.59 Å². The highest BCUT2D eigenvalue weighted by Crippen LogP contribution is 2.12. The molecule has 0 aliphatic carbocycles. The molecule has 0 bridgehead atoms. The van der Waals surface area contributed by atoms with Crippen molar-refractivity contribution in [2.75, 3.05) is 25.4 Å². The second-order valence-electron chi connectivity index (χ2n) is 7.13. The SMILES string of the molecule is CCCCCCCCCN(CCCC(=O)SCCCCC)CC(C)=O. The molecule has 4 heteroatoms. The maximum Gasteiger partial charge on any atom is 0.188 e. The summed E-state index contributed by atoms with van der Waals surface area (Å²) >= 11 is 1.49. The molecule has 0 rings (SSSR count). The molecule has 0 aromatic rings. The van der Waals surface area contributed by atoms with Crippen LogP contribution in [0.25, 0.3) is 0 Å². The second-order valence-corrected chi connectivity index (χ2v) is 8.28. The van der Waals surface area contributed by atoms with Gasteiger partial charge in [-0.2, -0.15) is 0 Å². The normalized spacial score (nSPS) is 11.2. The highest BCUT2D eigenvalue weighted by molar-refractivity contribution is 8.13. The van der Waals surface area contributed by atoms with Gasteiger partial charge in [0.1, 0.15) is 5.78 Å². The van der Waals surface area contributed by atoms with Crippen LogP contribution < -0.4 is 0 Å². The molecular weight excluding hydrogens is 330 g/mol. The van der Waals surface area contributed by atoms with E-state index in [1.165, 1.54) is 69.5 Å². The second kappa shape index (κ2) is 18.4. The van der Waals surface area contributed by atoms with Gasteiger partial charge in [-0.05, 0) is 39.3 Å². The van der Waals surface area contributed by atoms with Crippen LogP contribution in [0.15, 0.2) is 0 Å². The Labute approximate surface area is 160 Å². The lowest BCUT2D eigenvalue weighted by molar-refractivity contribution is -0.118. The molecule has 0 N–H and O–H groups in total. The summed E-state index contributed by atoms with van der Waals surface area (Å²) in [6, 6.07) is 0. The quantitative estimate of drug-likeness (QED) is 0.283. The van der Waals surface area contributed by atoms with Gasteiger partial charge >= 0.3 is 0 Å². The molecule has 0 fully saturated rings. The molecule has 3 nitrogen and oxygen atoms in total. The molecule has 0 radical (unpaired) electrons. The Hall–Kier alpha value is -0.350. The van der Waals surface area contributed by atoms with E-state index in [2.05, 4.69) is 18.7 Å². The van der Waals surface area contributed by atoms with E-state index in [0.29, 0.717) is 18.1 Å². The number of unbranched alkanes of at least 4 members (excludes halogenated alkanes) is 8. The third-order valence-electron chi connectivity index (χ3n) is 4.39. The van der Waals surface area contributed by atoms with Crippen molar-refractivity contribution in [1.29, 1.82) is 0 Å². The number of hydrogen-bond donors (Lipinski definition) is 0. The summed E-state index contributed by atoms with van der Waals surface area (Å²) in [5, 5.41) is 0.315. The Bertz CT molecular complexity index is 334. The molecule has 0 spiro atoms. The molecule has 148 valence electrons. The Morgan fingerprint density at radius 2 is 1.32 bits per heavy atom.